The van der Waals surface area contributed by atoms with Crippen molar-refractivity contribution in [3.05, 3.63) is 246 Å². The summed E-state index contributed by atoms with van der Waals surface area (Å²) in [5.41, 5.74) is 13.0. The SMILES string of the molecule is C=C/C(=C\C=C(/C=C)c1cc2ccccc2n1C1=CCCC=C1)c1ccc2c(c1)=C(c1ccc3ccccc3c1)C1=CC=CCC1(C)C=2c1ccc2ccccc2c1. The molecule has 1 atom stereocenters. The first kappa shape index (κ1) is 35.5. The third-order valence-corrected chi connectivity index (χ3v) is 12.4. The maximum absolute atomic E-state index is 4.35. The molecule has 0 saturated heterocycles. The summed E-state index contributed by atoms with van der Waals surface area (Å²) in [7, 11) is 0. The first-order valence-electron chi connectivity index (χ1n) is 20.4. The first-order valence-corrected chi connectivity index (χ1v) is 20.4. The van der Waals surface area contributed by atoms with Crippen molar-refractivity contribution in [1.29, 1.82) is 0 Å². The second kappa shape index (κ2) is 14.5. The van der Waals surface area contributed by atoms with Crippen molar-refractivity contribution in [3.8, 4) is 0 Å². The molecule has 0 spiro atoms. The zero-order valence-electron chi connectivity index (χ0n) is 33.0. The summed E-state index contributed by atoms with van der Waals surface area (Å²) >= 11 is 0. The van der Waals surface area contributed by atoms with Crippen molar-refractivity contribution in [1.82, 2.24) is 4.57 Å². The van der Waals surface area contributed by atoms with Crippen molar-refractivity contribution in [2.75, 3.05) is 0 Å². The Labute approximate surface area is 341 Å². The van der Waals surface area contributed by atoms with Gasteiger partial charge in [-0.3, -0.25) is 0 Å². The number of para-hydroxylation sites is 1. The van der Waals surface area contributed by atoms with Gasteiger partial charge in [-0.05, 0) is 132 Å². The van der Waals surface area contributed by atoms with Gasteiger partial charge < -0.3 is 4.57 Å². The van der Waals surface area contributed by atoms with Crippen LogP contribution in [0.1, 0.15) is 48.6 Å². The van der Waals surface area contributed by atoms with Gasteiger partial charge in [-0.1, -0.05) is 178 Å². The predicted octanol–water partition coefficient (Wildman–Crippen LogP) is 13.3. The van der Waals surface area contributed by atoms with Crippen LogP contribution in [0.5, 0.6) is 0 Å². The molecule has 0 bridgehead atoms. The van der Waals surface area contributed by atoms with E-state index >= 15 is 0 Å². The Hall–Kier alpha value is -6.96. The van der Waals surface area contributed by atoms with Crippen LogP contribution >= 0.6 is 0 Å². The molecular formula is C57H45N. The van der Waals surface area contributed by atoms with Gasteiger partial charge in [0.15, 0.2) is 0 Å². The van der Waals surface area contributed by atoms with Crippen LogP contribution in [0.25, 0.3) is 60.4 Å². The van der Waals surface area contributed by atoms with Crippen molar-refractivity contribution < 1.29 is 0 Å². The van der Waals surface area contributed by atoms with E-state index in [4.69, 9.17) is 0 Å². The molecular weight excluding hydrogens is 699 g/mol. The summed E-state index contributed by atoms with van der Waals surface area (Å²) in [5.74, 6) is 0. The molecule has 0 fully saturated rings. The zero-order valence-corrected chi connectivity index (χ0v) is 33.0. The average Bonchev–Trinajstić information content (AvgIpc) is 3.66. The fraction of sp³-hybridized carbons (Fsp3) is 0.0877. The lowest BCUT2D eigenvalue weighted by Crippen LogP contribution is -2.42. The predicted molar refractivity (Wildman–Crippen MR) is 249 cm³/mol. The number of aromatic nitrogens is 1. The fourth-order valence-corrected chi connectivity index (χ4v) is 9.55. The minimum absolute atomic E-state index is 0.229. The molecule has 10 rings (SSSR count). The van der Waals surface area contributed by atoms with E-state index in [-0.39, 0.29) is 5.41 Å². The molecule has 6 aromatic carbocycles. The van der Waals surface area contributed by atoms with Crippen molar-refractivity contribution in [2.24, 2.45) is 5.41 Å². The monoisotopic (exact) mass is 743 g/mol. The van der Waals surface area contributed by atoms with E-state index in [2.05, 4.69) is 207 Å². The van der Waals surface area contributed by atoms with Crippen LogP contribution in [-0.2, 0) is 0 Å². The smallest absolute Gasteiger partial charge is 0.0540 e. The van der Waals surface area contributed by atoms with Gasteiger partial charge in [-0.25, -0.2) is 0 Å². The molecule has 1 unspecified atom stereocenters. The molecule has 0 radical (unpaired) electrons. The molecule has 7 aromatic rings. The normalized spacial score (nSPS) is 17.9. The van der Waals surface area contributed by atoms with E-state index in [9.17, 15) is 0 Å². The van der Waals surface area contributed by atoms with Crippen LogP contribution in [0.15, 0.2) is 213 Å². The van der Waals surface area contributed by atoms with Crippen LogP contribution in [0.3, 0.4) is 0 Å². The summed E-state index contributed by atoms with van der Waals surface area (Å²) in [5, 5.41) is 8.73. The Kier molecular flexibility index (Phi) is 8.88. The van der Waals surface area contributed by atoms with Gasteiger partial charge in [-0.2, -0.15) is 0 Å². The molecule has 0 N–H and O–H groups in total. The number of rotatable bonds is 8. The van der Waals surface area contributed by atoms with Crippen molar-refractivity contribution >= 4 is 60.4 Å². The van der Waals surface area contributed by atoms with Gasteiger partial charge in [0.1, 0.15) is 0 Å². The summed E-state index contributed by atoms with van der Waals surface area (Å²) in [6, 6.07) is 49.3. The van der Waals surface area contributed by atoms with E-state index in [1.807, 2.05) is 12.2 Å². The number of nitrogens with zero attached hydrogens (tertiary/aromatic N) is 1. The van der Waals surface area contributed by atoms with Gasteiger partial charge in [0, 0.05) is 16.5 Å². The zero-order chi connectivity index (χ0) is 39.2. The standard InChI is InChI=1S/C57H45N/c1-4-39(26-27-40(5-2)54-38-46-21-13-14-25-53(46)58(54)49-22-7-6-8-23-49)45-32-33-50-51(37-45)55(47-30-28-41-17-9-11-19-43(41)35-47)52-24-15-16-34-57(52,3)56(50)48-31-29-42-18-10-12-20-44(42)36-48/h4-5,7,9-33,35-38H,1-2,6,8,34H2,3H3/b39-26+,40-27+. The fourth-order valence-electron chi connectivity index (χ4n) is 9.55. The molecule has 0 saturated carbocycles. The summed E-state index contributed by atoms with van der Waals surface area (Å²) in [6.45, 7) is 11.1. The van der Waals surface area contributed by atoms with Crippen LogP contribution in [0.2, 0.25) is 0 Å². The Morgan fingerprint density at radius 1 is 0.621 bits per heavy atom. The quantitative estimate of drug-likeness (QED) is 0.137. The highest BCUT2D eigenvalue weighted by Crippen LogP contribution is 2.50. The summed E-state index contributed by atoms with van der Waals surface area (Å²) < 4.78 is 2.37. The van der Waals surface area contributed by atoms with Gasteiger partial charge in [0.2, 0.25) is 0 Å². The minimum Gasteiger partial charge on any atom is -0.310 e. The van der Waals surface area contributed by atoms with Crippen LogP contribution < -0.4 is 10.4 Å². The molecule has 0 aliphatic heterocycles. The maximum Gasteiger partial charge on any atom is 0.0540 e. The van der Waals surface area contributed by atoms with E-state index < -0.39 is 0 Å². The van der Waals surface area contributed by atoms with E-state index in [1.165, 1.54) is 76.4 Å². The Morgan fingerprint density at radius 3 is 2.02 bits per heavy atom. The molecule has 1 heterocycles. The van der Waals surface area contributed by atoms with Crippen molar-refractivity contribution in [2.45, 2.75) is 26.2 Å². The van der Waals surface area contributed by atoms with E-state index in [1.54, 1.807) is 0 Å². The highest BCUT2D eigenvalue weighted by Gasteiger charge is 2.39. The maximum atomic E-state index is 4.35. The molecule has 0 amide bonds. The van der Waals surface area contributed by atoms with Gasteiger partial charge in [-0.15, -0.1) is 0 Å². The molecule has 3 aliphatic carbocycles. The third-order valence-electron chi connectivity index (χ3n) is 12.4. The molecule has 3 aliphatic rings. The van der Waals surface area contributed by atoms with E-state index in [0.29, 0.717) is 0 Å². The van der Waals surface area contributed by atoms with Crippen molar-refractivity contribution in [3.63, 3.8) is 0 Å². The first-order chi connectivity index (χ1) is 28.5. The number of benzene rings is 6. The average molecular weight is 744 g/mol. The topological polar surface area (TPSA) is 4.93 Å². The van der Waals surface area contributed by atoms with Crippen LogP contribution in [-0.4, -0.2) is 4.57 Å². The minimum atomic E-state index is -0.229. The summed E-state index contributed by atoms with van der Waals surface area (Å²) in [4.78, 5) is 0. The molecule has 1 heteroatoms. The van der Waals surface area contributed by atoms with Crippen LogP contribution in [0, 0.1) is 5.41 Å². The van der Waals surface area contributed by atoms with Gasteiger partial charge in [0.05, 0.1) is 11.2 Å². The number of hydrogen-bond acceptors (Lipinski definition) is 0. The summed E-state index contributed by atoms with van der Waals surface area (Å²) in [6.07, 6.45) is 25.2. The second-order valence-electron chi connectivity index (χ2n) is 15.9. The Bertz CT molecular complexity index is 3180. The largest absolute Gasteiger partial charge is 0.310 e. The van der Waals surface area contributed by atoms with Gasteiger partial charge in [0.25, 0.3) is 0 Å². The van der Waals surface area contributed by atoms with E-state index in [0.717, 1.165) is 41.7 Å². The number of fused-ring (bicyclic) bond motifs is 5. The molecule has 1 aromatic heterocycles. The van der Waals surface area contributed by atoms with Gasteiger partial charge >= 0.3 is 0 Å². The van der Waals surface area contributed by atoms with Crippen LogP contribution in [0.4, 0.5) is 0 Å². The highest BCUT2D eigenvalue weighted by molar-refractivity contribution is 5.97. The Morgan fingerprint density at radius 2 is 1.29 bits per heavy atom. The lowest BCUT2D eigenvalue weighted by Gasteiger charge is -2.41. The second-order valence-corrected chi connectivity index (χ2v) is 15.9. The molecule has 1 nitrogen and oxygen atoms in total. The highest BCUT2D eigenvalue weighted by atomic mass is 15.0. The third kappa shape index (κ3) is 5.94. The molecule has 58 heavy (non-hydrogen) atoms. The molecule has 278 valence electrons. The number of allylic oxidation sites excluding steroid dienone is 14. The number of hydrogen-bond donors (Lipinski definition) is 0. The lowest BCUT2D eigenvalue weighted by atomic mass is 9.62. The Balaban J connectivity index is 1.22. The lowest BCUT2D eigenvalue weighted by molar-refractivity contribution is 0.547.